The van der Waals surface area contributed by atoms with E-state index in [1.165, 1.54) is 6.08 Å². The van der Waals surface area contributed by atoms with Crippen LogP contribution in [0.4, 0.5) is 13.6 Å². The van der Waals surface area contributed by atoms with E-state index in [0.717, 1.165) is 10.8 Å². The fraction of sp³-hybridized carbons (Fsp3) is 0.885. The Morgan fingerprint density at radius 3 is 1.70 bits per heavy atom. The fourth-order valence-electron chi connectivity index (χ4n) is 2.01. The topological polar surface area (TPSA) is 82.1 Å². The van der Waals surface area contributed by atoms with E-state index in [9.17, 15) is 22.0 Å². The molecule has 0 aliphatic carbocycles. The summed E-state index contributed by atoms with van der Waals surface area (Å²) in [7, 11) is -6.81. The van der Waals surface area contributed by atoms with Crippen LogP contribution in [0.3, 0.4) is 0 Å². The average Bonchev–Trinajstić information content (AvgIpc) is 2.68. The van der Waals surface area contributed by atoms with Crippen molar-refractivity contribution in [2.45, 2.75) is 125 Å². The van der Waals surface area contributed by atoms with Gasteiger partial charge in [-0.1, -0.05) is 69.2 Å². The minimum atomic E-state index is -5.27. The molecule has 0 aromatic rings. The summed E-state index contributed by atoms with van der Waals surface area (Å²) in [5, 5.41) is -4.13. The second-order valence-corrected chi connectivity index (χ2v) is 16.7. The lowest BCUT2D eigenvalue weighted by atomic mass is 10.2. The van der Waals surface area contributed by atoms with Crippen molar-refractivity contribution in [2.24, 2.45) is 5.92 Å². The maximum Gasteiger partial charge on any atom is 0.417 e. The zero-order chi connectivity index (χ0) is 30.6. The summed E-state index contributed by atoms with van der Waals surface area (Å²) in [6, 6.07) is 0. The van der Waals surface area contributed by atoms with Crippen LogP contribution in [0.1, 0.15) is 103 Å². The molecule has 0 spiro atoms. The van der Waals surface area contributed by atoms with Crippen LogP contribution in [0, 0.1) is 5.92 Å². The van der Waals surface area contributed by atoms with Crippen LogP contribution < -0.4 is 0 Å². The van der Waals surface area contributed by atoms with Gasteiger partial charge in [0.2, 0.25) is 5.88 Å². The number of carbonyl (C=O) groups excluding carboxylic acids is 1. The van der Waals surface area contributed by atoms with Gasteiger partial charge >= 0.3 is 21.5 Å². The zero-order valence-electron chi connectivity index (χ0n) is 26.1. The molecule has 1 heterocycles. The van der Waals surface area contributed by atoms with Crippen molar-refractivity contribution in [1.29, 1.82) is 0 Å². The molecule has 37 heavy (non-hydrogen) atoms. The predicted octanol–water partition coefficient (Wildman–Crippen LogP) is 8.31. The van der Waals surface area contributed by atoms with Crippen molar-refractivity contribution >= 4 is 26.5 Å². The first kappa shape index (κ1) is 40.4. The molecular weight excluding hydrogens is 524 g/mol. The Hall–Kier alpha value is -1.07. The third-order valence-electron chi connectivity index (χ3n) is 4.31. The second kappa shape index (κ2) is 16.1. The lowest BCUT2D eigenvalue weighted by Gasteiger charge is -2.47. The van der Waals surface area contributed by atoms with Gasteiger partial charge in [0.15, 0.2) is 0 Å². The van der Waals surface area contributed by atoms with Crippen LogP contribution in [0.25, 0.3) is 0 Å². The van der Waals surface area contributed by atoms with E-state index in [2.05, 4.69) is 25.0 Å². The summed E-state index contributed by atoms with van der Waals surface area (Å²) in [5.74, 6) is 0.323. The first-order valence-electron chi connectivity index (χ1n) is 12.8. The molecule has 0 aromatic carbocycles. The van der Waals surface area contributed by atoms with Gasteiger partial charge in [0.05, 0.1) is 12.6 Å². The van der Waals surface area contributed by atoms with E-state index >= 15 is 0 Å². The number of ether oxygens (including phenoxy) is 1. The number of nitrogens with zero attached hydrogens (tertiary/aromatic N) is 1. The molecular formula is C26H55F2NO6S2. The maximum absolute atomic E-state index is 13.4. The molecule has 0 radical (unpaired) electrons. The van der Waals surface area contributed by atoms with Crippen LogP contribution in [0.5, 0.6) is 0 Å². The SMILES string of the molecule is CC.CC.CC(C)(C)OC(=O)N1C[C@@H](OS(C)(C)C(C)(C)C)CC=C1OS(=O)(=O)C(C)(F)F.CC(C)C. The van der Waals surface area contributed by atoms with Crippen LogP contribution >= 0.6 is 10.3 Å². The smallest absolute Gasteiger partial charge is 0.417 e. The molecule has 1 rings (SSSR count). The van der Waals surface area contributed by atoms with E-state index in [-0.39, 0.29) is 24.6 Å². The van der Waals surface area contributed by atoms with Crippen LogP contribution in [-0.4, -0.2) is 60.2 Å². The van der Waals surface area contributed by atoms with E-state index in [1.807, 2.05) is 61.0 Å². The third-order valence-corrected chi connectivity index (χ3v) is 9.28. The monoisotopic (exact) mass is 579 g/mol. The Bertz CT molecular complexity index is 791. The molecule has 11 heteroatoms. The first-order valence-corrected chi connectivity index (χ1v) is 16.6. The van der Waals surface area contributed by atoms with Crippen molar-refractivity contribution in [3.63, 3.8) is 0 Å². The largest absolute Gasteiger partial charge is 0.443 e. The zero-order valence-corrected chi connectivity index (χ0v) is 27.7. The standard InChI is InChI=1S/C18H33F2NO6S2.C4H10.2C2H6/c1-16(2,3)25-15(22)21-12-13(26-28(8,9)17(4,5)6)10-11-14(21)27-29(23,24)18(7,19)20;1-4(2)3;2*1-2/h11,13H,10,12H2,1-9H3;4H,1-3H3;2*1-2H3/t13-;;;/m0.../s1. The molecule has 0 fully saturated rings. The van der Waals surface area contributed by atoms with Crippen molar-refractivity contribution in [2.75, 3.05) is 19.1 Å². The minimum Gasteiger partial charge on any atom is -0.443 e. The van der Waals surface area contributed by atoms with Crippen molar-refractivity contribution in [1.82, 2.24) is 4.90 Å². The molecule has 1 amide bonds. The average molecular weight is 580 g/mol. The molecule has 1 aliphatic heterocycles. The van der Waals surface area contributed by atoms with Gasteiger partial charge in [0.25, 0.3) is 0 Å². The molecule has 0 unspecified atom stereocenters. The van der Waals surface area contributed by atoms with E-state index in [4.69, 9.17) is 8.92 Å². The molecule has 0 saturated heterocycles. The van der Waals surface area contributed by atoms with Crippen molar-refractivity contribution < 1.29 is 35.1 Å². The summed E-state index contributed by atoms with van der Waals surface area (Å²) in [4.78, 5) is 13.5. The lowest BCUT2D eigenvalue weighted by Crippen LogP contribution is -2.46. The van der Waals surface area contributed by atoms with Gasteiger partial charge in [-0.3, -0.25) is 0 Å². The molecule has 7 nitrogen and oxygen atoms in total. The third kappa shape index (κ3) is 15.8. The Kier molecular flexibility index (Phi) is 17.6. The summed E-state index contributed by atoms with van der Waals surface area (Å²) < 4.78 is 66.3. The number of carbonyl (C=O) groups is 1. The number of rotatable bonds is 5. The van der Waals surface area contributed by atoms with Crippen molar-refractivity contribution in [3.8, 4) is 0 Å². The molecule has 0 N–H and O–H groups in total. The number of hydrogen-bond donors (Lipinski definition) is 0. The number of hydrogen-bond acceptors (Lipinski definition) is 6. The molecule has 226 valence electrons. The molecule has 1 aliphatic rings. The van der Waals surface area contributed by atoms with Gasteiger partial charge in [0.1, 0.15) is 5.60 Å². The first-order chi connectivity index (χ1) is 16.4. The van der Waals surface area contributed by atoms with Crippen molar-refractivity contribution in [3.05, 3.63) is 12.0 Å². The van der Waals surface area contributed by atoms with Gasteiger partial charge in [-0.2, -0.15) is 17.2 Å². The fourth-order valence-corrected chi connectivity index (χ4v) is 3.65. The highest BCUT2D eigenvalue weighted by molar-refractivity contribution is 8.29. The quantitative estimate of drug-likeness (QED) is 0.305. The molecule has 1 atom stereocenters. The van der Waals surface area contributed by atoms with Crippen LogP contribution in [0.15, 0.2) is 12.0 Å². The predicted molar refractivity (Wildman–Crippen MR) is 154 cm³/mol. The highest BCUT2D eigenvalue weighted by atomic mass is 32.3. The lowest BCUT2D eigenvalue weighted by molar-refractivity contribution is 0.0120. The number of alkyl halides is 2. The molecule has 0 aromatic heterocycles. The summed E-state index contributed by atoms with van der Waals surface area (Å²) in [5.41, 5.74) is -0.876. The second-order valence-electron chi connectivity index (χ2n) is 11.0. The Morgan fingerprint density at radius 2 is 1.38 bits per heavy atom. The van der Waals surface area contributed by atoms with E-state index < -0.39 is 49.4 Å². The van der Waals surface area contributed by atoms with Crippen LogP contribution in [0.2, 0.25) is 0 Å². The minimum absolute atomic E-state index is 0.0853. The van der Waals surface area contributed by atoms with Gasteiger partial charge < -0.3 is 13.1 Å². The van der Waals surface area contributed by atoms with E-state index in [0.29, 0.717) is 0 Å². The summed E-state index contributed by atoms with van der Waals surface area (Å²) in [6.07, 6.45) is 4.07. The highest BCUT2D eigenvalue weighted by Crippen LogP contribution is 2.55. The highest BCUT2D eigenvalue weighted by Gasteiger charge is 2.45. The Morgan fingerprint density at radius 1 is 0.973 bits per heavy atom. The van der Waals surface area contributed by atoms with E-state index in [1.54, 1.807) is 20.8 Å². The Labute approximate surface area is 228 Å². The van der Waals surface area contributed by atoms with Gasteiger partial charge in [-0.05, 0) is 51.7 Å². The molecule has 0 bridgehead atoms. The van der Waals surface area contributed by atoms with Crippen LogP contribution in [-0.2, 0) is 23.2 Å². The Balaban J connectivity index is -0.00000128. The number of halogens is 2. The van der Waals surface area contributed by atoms with Gasteiger partial charge in [0, 0.05) is 11.7 Å². The number of amides is 1. The summed E-state index contributed by atoms with van der Waals surface area (Å²) in [6.45, 7) is 25.7. The van der Waals surface area contributed by atoms with Gasteiger partial charge in [-0.25, -0.2) is 9.69 Å². The maximum atomic E-state index is 13.4. The normalized spacial score (nSPS) is 17.1. The van der Waals surface area contributed by atoms with Gasteiger partial charge in [-0.15, -0.1) is 10.3 Å². The summed E-state index contributed by atoms with van der Waals surface area (Å²) >= 11 is 0. The molecule has 0 saturated carbocycles.